The summed E-state index contributed by atoms with van der Waals surface area (Å²) < 4.78 is 0. The fourth-order valence-corrected chi connectivity index (χ4v) is 2.12. The lowest BCUT2D eigenvalue weighted by Crippen LogP contribution is -2.12. The molecular formula is C11H20. The van der Waals surface area contributed by atoms with Gasteiger partial charge in [-0.25, -0.2) is 0 Å². The topological polar surface area (TPSA) is 0 Å². The van der Waals surface area contributed by atoms with Gasteiger partial charge < -0.3 is 0 Å². The average Bonchev–Trinajstić information content (AvgIpc) is 2.07. The lowest BCUT2D eigenvalue weighted by atomic mass is 9.80. The smallest absolute Gasteiger partial charge is 0.0236 e. The SMILES string of the molecule is C=CC1CCC(CCC)CC1. The fourth-order valence-electron chi connectivity index (χ4n) is 2.12. The number of hydrogen-bond acceptors (Lipinski definition) is 0. The second-order valence-electron chi connectivity index (χ2n) is 3.81. The zero-order valence-electron chi connectivity index (χ0n) is 7.68. The molecule has 64 valence electrons. The predicted octanol–water partition coefficient (Wildman–Crippen LogP) is 3.78. The summed E-state index contributed by atoms with van der Waals surface area (Å²) in [6.07, 6.45) is 10.6. The Morgan fingerprint density at radius 3 is 2.36 bits per heavy atom. The molecule has 1 fully saturated rings. The van der Waals surface area contributed by atoms with Gasteiger partial charge in [0.2, 0.25) is 0 Å². The molecule has 0 atom stereocenters. The standard InChI is InChI=1S/C11H20/c1-3-5-11-8-6-10(4-2)7-9-11/h4,10-11H,2-3,5-9H2,1H3. The zero-order chi connectivity index (χ0) is 8.10. The van der Waals surface area contributed by atoms with Crippen LogP contribution in [0.4, 0.5) is 0 Å². The third kappa shape index (κ3) is 2.69. The van der Waals surface area contributed by atoms with E-state index in [2.05, 4.69) is 19.6 Å². The molecule has 0 nitrogen and oxygen atoms in total. The molecule has 0 radical (unpaired) electrons. The molecule has 0 heterocycles. The van der Waals surface area contributed by atoms with Crippen LogP contribution in [0.3, 0.4) is 0 Å². The molecule has 1 aliphatic rings. The van der Waals surface area contributed by atoms with Crippen molar-refractivity contribution in [2.45, 2.75) is 45.4 Å². The van der Waals surface area contributed by atoms with Gasteiger partial charge in [-0.05, 0) is 37.5 Å². The summed E-state index contributed by atoms with van der Waals surface area (Å²) >= 11 is 0. The first kappa shape index (κ1) is 8.83. The van der Waals surface area contributed by atoms with Crippen LogP contribution in [-0.2, 0) is 0 Å². The van der Waals surface area contributed by atoms with Gasteiger partial charge in [0.1, 0.15) is 0 Å². The third-order valence-corrected chi connectivity index (χ3v) is 2.92. The second-order valence-corrected chi connectivity index (χ2v) is 3.81. The maximum atomic E-state index is 3.86. The van der Waals surface area contributed by atoms with Gasteiger partial charge in [-0.2, -0.15) is 0 Å². The van der Waals surface area contributed by atoms with Crippen LogP contribution in [0.1, 0.15) is 45.4 Å². The molecule has 0 N–H and O–H groups in total. The molecule has 0 amide bonds. The molecule has 11 heavy (non-hydrogen) atoms. The van der Waals surface area contributed by atoms with Crippen molar-refractivity contribution in [2.24, 2.45) is 11.8 Å². The maximum Gasteiger partial charge on any atom is -0.0236 e. The summed E-state index contributed by atoms with van der Waals surface area (Å²) in [6.45, 7) is 6.15. The van der Waals surface area contributed by atoms with Crippen molar-refractivity contribution in [3.8, 4) is 0 Å². The van der Waals surface area contributed by atoms with Crippen LogP contribution in [0, 0.1) is 11.8 Å². The zero-order valence-corrected chi connectivity index (χ0v) is 7.68. The van der Waals surface area contributed by atoms with Crippen LogP contribution in [0.15, 0.2) is 12.7 Å². The van der Waals surface area contributed by atoms with Crippen LogP contribution < -0.4 is 0 Å². The minimum absolute atomic E-state index is 0.836. The summed E-state index contributed by atoms with van der Waals surface area (Å²) in [4.78, 5) is 0. The molecule has 1 aliphatic carbocycles. The van der Waals surface area contributed by atoms with Crippen molar-refractivity contribution < 1.29 is 0 Å². The lowest BCUT2D eigenvalue weighted by Gasteiger charge is -2.25. The van der Waals surface area contributed by atoms with Crippen molar-refractivity contribution >= 4 is 0 Å². The van der Waals surface area contributed by atoms with E-state index in [1.165, 1.54) is 38.5 Å². The van der Waals surface area contributed by atoms with E-state index in [9.17, 15) is 0 Å². The van der Waals surface area contributed by atoms with E-state index < -0.39 is 0 Å². The first-order chi connectivity index (χ1) is 5.36. The summed E-state index contributed by atoms with van der Waals surface area (Å²) in [6, 6.07) is 0. The van der Waals surface area contributed by atoms with E-state index in [1.54, 1.807) is 0 Å². The molecule has 0 bridgehead atoms. The van der Waals surface area contributed by atoms with Crippen molar-refractivity contribution in [3.05, 3.63) is 12.7 Å². The Morgan fingerprint density at radius 1 is 1.27 bits per heavy atom. The molecule has 0 aromatic carbocycles. The molecular weight excluding hydrogens is 132 g/mol. The maximum absolute atomic E-state index is 3.86. The van der Waals surface area contributed by atoms with E-state index in [-0.39, 0.29) is 0 Å². The normalized spacial score (nSPS) is 31.7. The van der Waals surface area contributed by atoms with Gasteiger partial charge in [0, 0.05) is 0 Å². The fraction of sp³-hybridized carbons (Fsp3) is 0.818. The first-order valence-electron chi connectivity index (χ1n) is 4.99. The monoisotopic (exact) mass is 152 g/mol. The molecule has 0 aromatic rings. The Kier molecular flexibility index (Phi) is 3.68. The van der Waals surface area contributed by atoms with Crippen LogP contribution in [0.5, 0.6) is 0 Å². The van der Waals surface area contributed by atoms with E-state index >= 15 is 0 Å². The molecule has 0 heteroatoms. The van der Waals surface area contributed by atoms with E-state index in [0.29, 0.717) is 0 Å². The Bertz CT molecular complexity index is 107. The molecule has 1 rings (SSSR count). The summed E-state index contributed by atoms with van der Waals surface area (Å²) in [5, 5.41) is 0. The minimum Gasteiger partial charge on any atom is -0.103 e. The third-order valence-electron chi connectivity index (χ3n) is 2.92. The summed E-state index contributed by atoms with van der Waals surface area (Å²) in [5.74, 6) is 1.87. The van der Waals surface area contributed by atoms with E-state index in [1.807, 2.05) is 0 Å². The highest BCUT2D eigenvalue weighted by Gasteiger charge is 2.17. The van der Waals surface area contributed by atoms with Crippen molar-refractivity contribution in [1.82, 2.24) is 0 Å². The van der Waals surface area contributed by atoms with Gasteiger partial charge in [0.25, 0.3) is 0 Å². The van der Waals surface area contributed by atoms with Crippen LogP contribution in [0.2, 0.25) is 0 Å². The Morgan fingerprint density at radius 2 is 1.91 bits per heavy atom. The van der Waals surface area contributed by atoms with Gasteiger partial charge >= 0.3 is 0 Å². The Labute approximate surface area is 70.7 Å². The van der Waals surface area contributed by atoms with E-state index in [0.717, 1.165) is 11.8 Å². The highest BCUT2D eigenvalue weighted by atomic mass is 14.2. The average molecular weight is 152 g/mol. The van der Waals surface area contributed by atoms with Crippen LogP contribution >= 0.6 is 0 Å². The number of allylic oxidation sites excluding steroid dienone is 1. The Hall–Kier alpha value is -0.260. The van der Waals surface area contributed by atoms with Crippen molar-refractivity contribution in [1.29, 1.82) is 0 Å². The van der Waals surface area contributed by atoms with Gasteiger partial charge in [-0.15, -0.1) is 6.58 Å². The van der Waals surface area contributed by atoms with Crippen molar-refractivity contribution in [3.63, 3.8) is 0 Å². The van der Waals surface area contributed by atoms with Gasteiger partial charge in [-0.3, -0.25) is 0 Å². The summed E-state index contributed by atoms with van der Waals surface area (Å²) in [5.41, 5.74) is 0. The molecule has 0 saturated heterocycles. The largest absolute Gasteiger partial charge is 0.103 e. The lowest BCUT2D eigenvalue weighted by molar-refractivity contribution is 0.294. The summed E-state index contributed by atoms with van der Waals surface area (Å²) in [7, 11) is 0. The molecule has 0 aromatic heterocycles. The number of hydrogen-bond donors (Lipinski definition) is 0. The van der Waals surface area contributed by atoms with Crippen LogP contribution in [0.25, 0.3) is 0 Å². The predicted molar refractivity (Wildman–Crippen MR) is 50.6 cm³/mol. The van der Waals surface area contributed by atoms with Gasteiger partial charge in [0.15, 0.2) is 0 Å². The quantitative estimate of drug-likeness (QED) is 0.540. The van der Waals surface area contributed by atoms with Gasteiger partial charge in [-0.1, -0.05) is 25.8 Å². The molecule has 0 aliphatic heterocycles. The van der Waals surface area contributed by atoms with Crippen LogP contribution in [-0.4, -0.2) is 0 Å². The molecule has 0 unspecified atom stereocenters. The minimum atomic E-state index is 0.836. The second kappa shape index (κ2) is 4.58. The van der Waals surface area contributed by atoms with E-state index in [4.69, 9.17) is 0 Å². The highest BCUT2D eigenvalue weighted by molar-refractivity contribution is 4.83. The van der Waals surface area contributed by atoms with Gasteiger partial charge in [0.05, 0.1) is 0 Å². The first-order valence-corrected chi connectivity index (χ1v) is 4.99. The molecule has 0 spiro atoms. The molecule has 1 saturated carbocycles. The number of rotatable bonds is 3. The van der Waals surface area contributed by atoms with Crippen molar-refractivity contribution in [2.75, 3.05) is 0 Å². The highest BCUT2D eigenvalue weighted by Crippen LogP contribution is 2.31. The Balaban J connectivity index is 2.18.